The van der Waals surface area contributed by atoms with Crippen LogP contribution in [0, 0.1) is 0 Å². The first kappa shape index (κ1) is 13.2. The molecule has 2 aromatic heterocycles. The number of nitrogens with zero attached hydrogens (tertiary/aromatic N) is 3. The van der Waals surface area contributed by atoms with E-state index in [1.54, 1.807) is 12.4 Å². The molecule has 6 nitrogen and oxygen atoms in total. The van der Waals surface area contributed by atoms with E-state index in [0.717, 1.165) is 30.1 Å². The predicted octanol–water partition coefficient (Wildman–Crippen LogP) is 2.84. The Morgan fingerprint density at radius 2 is 2.10 bits per heavy atom. The van der Waals surface area contributed by atoms with Crippen LogP contribution in [-0.4, -0.2) is 21.0 Å². The summed E-state index contributed by atoms with van der Waals surface area (Å²) in [5, 5.41) is 3.23. The predicted molar refractivity (Wildman–Crippen MR) is 82.9 cm³/mol. The highest BCUT2D eigenvalue weighted by Crippen LogP contribution is 2.22. The SMILES string of the molecule is CCCOc1ccc(Nc2nc(N)cn3ccnc23)cc1. The van der Waals surface area contributed by atoms with E-state index in [4.69, 9.17) is 10.5 Å². The molecular formula is C15H17N5O. The summed E-state index contributed by atoms with van der Waals surface area (Å²) >= 11 is 0. The van der Waals surface area contributed by atoms with E-state index in [9.17, 15) is 0 Å². The first-order valence-electron chi connectivity index (χ1n) is 6.85. The van der Waals surface area contributed by atoms with Gasteiger partial charge in [-0.2, -0.15) is 0 Å². The number of nitrogens with two attached hydrogens (primary N) is 1. The summed E-state index contributed by atoms with van der Waals surface area (Å²) in [6.45, 7) is 2.80. The molecule has 3 rings (SSSR count). The normalized spacial score (nSPS) is 10.7. The zero-order chi connectivity index (χ0) is 14.7. The summed E-state index contributed by atoms with van der Waals surface area (Å²) in [7, 11) is 0. The van der Waals surface area contributed by atoms with E-state index in [2.05, 4.69) is 22.2 Å². The molecule has 6 heteroatoms. The second-order valence-corrected chi connectivity index (χ2v) is 4.67. The van der Waals surface area contributed by atoms with Gasteiger partial charge in [0.2, 0.25) is 0 Å². The Morgan fingerprint density at radius 3 is 2.86 bits per heavy atom. The molecule has 0 aliphatic carbocycles. The van der Waals surface area contributed by atoms with Crippen molar-refractivity contribution in [3.05, 3.63) is 42.9 Å². The molecule has 108 valence electrons. The average Bonchev–Trinajstić information content (AvgIpc) is 2.95. The minimum Gasteiger partial charge on any atom is -0.494 e. The van der Waals surface area contributed by atoms with Crippen LogP contribution in [0.4, 0.5) is 17.3 Å². The number of nitrogen functional groups attached to an aromatic ring is 1. The number of hydrogen-bond donors (Lipinski definition) is 2. The van der Waals surface area contributed by atoms with Crippen LogP contribution in [0.3, 0.4) is 0 Å². The molecule has 21 heavy (non-hydrogen) atoms. The van der Waals surface area contributed by atoms with Gasteiger partial charge in [-0.15, -0.1) is 0 Å². The molecule has 1 aromatic carbocycles. The highest BCUT2D eigenvalue weighted by Gasteiger charge is 2.06. The number of fused-ring (bicyclic) bond motifs is 1. The van der Waals surface area contributed by atoms with Crippen molar-refractivity contribution in [1.82, 2.24) is 14.4 Å². The van der Waals surface area contributed by atoms with Crippen LogP contribution in [0.2, 0.25) is 0 Å². The Morgan fingerprint density at radius 1 is 1.29 bits per heavy atom. The van der Waals surface area contributed by atoms with Crippen LogP contribution >= 0.6 is 0 Å². The number of imidazole rings is 1. The van der Waals surface area contributed by atoms with Gasteiger partial charge in [0, 0.05) is 18.1 Å². The third kappa shape index (κ3) is 2.89. The lowest BCUT2D eigenvalue weighted by Crippen LogP contribution is -2.02. The molecule has 0 atom stereocenters. The van der Waals surface area contributed by atoms with E-state index >= 15 is 0 Å². The van der Waals surface area contributed by atoms with E-state index < -0.39 is 0 Å². The molecule has 0 fully saturated rings. The molecule has 0 amide bonds. The smallest absolute Gasteiger partial charge is 0.180 e. The van der Waals surface area contributed by atoms with Crippen molar-refractivity contribution < 1.29 is 4.74 Å². The largest absolute Gasteiger partial charge is 0.494 e. The second-order valence-electron chi connectivity index (χ2n) is 4.67. The van der Waals surface area contributed by atoms with Crippen LogP contribution in [0.1, 0.15) is 13.3 Å². The summed E-state index contributed by atoms with van der Waals surface area (Å²) in [5.41, 5.74) is 7.43. The van der Waals surface area contributed by atoms with Crippen LogP contribution < -0.4 is 15.8 Å². The van der Waals surface area contributed by atoms with Gasteiger partial charge in [0.25, 0.3) is 0 Å². The van der Waals surface area contributed by atoms with Crippen molar-refractivity contribution in [2.75, 3.05) is 17.7 Å². The van der Waals surface area contributed by atoms with Gasteiger partial charge in [-0.05, 0) is 30.7 Å². The summed E-state index contributed by atoms with van der Waals surface area (Å²) in [6, 6.07) is 7.73. The first-order valence-corrected chi connectivity index (χ1v) is 6.85. The van der Waals surface area contributed by atoms with E-state index in [1.807, 2.05) is 34.9 Å². The Labute approximate surface area is 122 Å². The highest BCUT2D eigenvalue weighted by molar-refractivity contribution is 5.71. The maximum absolute atomic E-state index is 5.80. The van der Waals surface area contributed by atoms with Crippen molar-refractivity contribution in [3.8, 4) is 5.75 Å². The molecular weight excluding hydrogens is 266 g/mol. The molecule has 0 bridgehead atoms. The lowest BCUT2D eigenvalue weighted by atomic mass is 10.3. The minimum absolute atomic E-state index is 0.436. The van der Waals surface area contributed by atoms with Crippen molar-refractivity contribution in [2.45, 2.75) is 13.3 Å². The van der Waals surface area contributed by atoms with Gasteiger partial charge in [-0.1, -0.05) is 6.92 Å². The van der Waals surface area contributed by atoms with Gasteiger partial charge in [0.15, 0.2) is 11.5 Å². The lowest BCUT2D eigenvalue weighted by Gasteiger charge is -2.09. The molecule has 3 N–H and O–H groups in total. The third-order valence-electron chi connectivity index (χ3n) is 2.98. The lowest BCUT2D eigenvalue weighted by molar-refractivity contribution is 0.317. The average molecular weight is 283 g/mol. The summed E-state index contributed by atoms with van der Waals surface area (Å²) in [5.74, 6) is 1.92. The summed E-state index contributed by atoms with van der Waals surface area (Å²) in [6.07, 6.45) is 6.27. The summed E-state index contributed by atoms with van der Waals surface area (Å²) < 4.78 is 7.39. The van der Waals surface area contributed by atoms with E-state index in [1.165, 1.54) is 0 Å². The fourth-order valence-corrected chi connectivity index (χ4v) is 2.03. The molecule has 2 heterocycles. The van der Waals surface area contributed by atoms with Crippen LogP contribution in [0.25, 0.3) is 5.65 Å². The molecule has 0 spiro atoms. The fraction of sp³-hybridized carbons (Fsp3) is 0.200. The number of benzene rings is 1. The van der Waals surface area contributed by atoms with E-state index in [-0.39, 0.29) is 0 Å². The maximum Gasteiger partial charge on any atom is 0.180 e. The zero-order valence-electron chi connectivity index (χ0n) is 11.8. The number of anilines is 3. The second kappa shape index (κ2) is 5.70. The highest BCUT2D eigenvalue weighted by atomic mass is 16.5. The van der Waals surface area contributed by atoms with Crippen LogP contribution in [0.15, 0.2) is 42.9 Å². The number of aromatic nitrogens is 3. The van der Waals surface area contributed by atoms with Crippen LogP contribution in [0.5, 0.6) is 5.75 Å². The van der Waals surface area contributed by atoms with E-state index in [0.29, 0.717) is 11.6 Å². The van der Waals surface area contributed by atoms with Gasteiger partial charge < -0.3 is 20.2 Å². The van der Waals surface area contributed by atoms with Gasteiger partial charge in [0.1, 0.15) is 11.6 Å². The number of hydrogen-bond acceptors (Lipinski definition) is 5. The number of ether oxygens (including phenoxy) is 1. The van der Waals surface area contributed by atoms with Gasteiger partial charge in [-0.25, -0.2) is 9.97 Å². The first-order chi connectivity index (χ1) is 10.3. The monoisotopic (exact) mass is 283 g/mol. The van der Waals surface area contributed by atoms with Gasteiger partial charge in [0.05, 0.1) is 12.8 Å². The molecule has 0 saturated carbocycles. The Balaban J connectivity index is 1.83. The fourth-order valence-electron chi connectivity index (χ4n) is 2.03. The van der Waals surface area contributed by atoms with Crippen molar-refractivity contribution >= 4 is 23.0 Å². The Hall–Kier alpha value is -2.76. The van der Waals surface area contributed by atoms with Crippen molar-refractivity contribution in [3.63, 3.8) is 0 Å². The van der Waals surface area contributed by atoms with Gasteiger partial charge >= 0.3 is 0 Å². The Bertz CT molecular complexity index is 735. The number of rotatable bonds is 5. The summed E-state index contributed by atoms with van der Waals surface area (Å²) in [4.78, 5) is 8.56. The molecule has 0 aliphatic heterocycles. The standard InChI is InChI=1S/C15H17N5O/c1-2-9-21-12-5-3-11(4-6-12)18-14-15-17-7-8-20(15)10-13(16)19-14/h3-8,10H,2,9,16H2,1H3,(H,18,19). The van der Waals surface area contributed by atoms with Gasteiger partial charge in [-0.3, -0.25) is 0 Å². The maximum atomic E-state index is 5.80. The third-order valence-corrected chi connectivity index (χ3v) is 2.98. The molecule has 3 aromatic rings. The zero-order valence-corrected chi connectivity index (χ0v) is 11.8. The topological polar surface area (TPSA) is 77.5 Å². The minimum atomic E-state index is 0.436. The molecule has 0 aliphatic rings. The Kier molecular flexibility index (Phi) is 3.59. The van der Waals surface area contributed by atoms with Crippen molar-refractivity contribution in [1.29, 1.82) is 0 Å². The van der Waals surface area contributed by atoms with Crippen LogP contribution in [-0.2, 0) is 0 Å². The molecule has 0 radical (unpaired) electrons. The molecule has 0 unspecified atom stereocenters. The van der Waals surface area contributed by atoms with Crippen molar-refractivity contribution in [2.24, 2.45) is 0 Å². The quantitative estimate of drug-likeness (QED) is 0.753. The molecule has 0 saturated heterocycles. The number of nitrogens with one attached hydrogen (secondary N) is 1.